The predicted octanol–water partition coefficient (Wildman–Crippen LogP) is 5.65. The Labute approximate surface area is 211 Å². The summed E-state index contributed by atoms with van der Waals surface area (Å²) in [6, 6.07) is 17.3. The molecule has 0 bridgehead atoms. The first-order chi connectivity index (χ1) is 17.8. The van der Waals surface area contributed by atoms with E-state index in [0.29, 0.717) is 41.0 Å². The van der Waals surface area contributed by atoms with Crippen molar-refractivity contribution >= 4 is 22.4 Å². The summed E-state index contributed by atoms with van der Waals surface area (Å²) in [6.07, 6.45) is -1.88. The molecule has 0 spiro atoms. The van der Waals surface area contributed by atoms with Crippen LogP contribution in [0.5, 0.6) is 11.5 Å². The summed E-state index contributed by atoms with van der Waals surface area (Å²) in [4.78, 5) is 8.49. The highest BCUT2D eigenvalue weighted by Gasteiger charge is 2.35. The highest BCUT2D eigenvalue weighted by Crippen LogP contribution is 2.40. The number of para-hydroxylation sites is 1. The number of nitrogens with zero attached hydrogens (tertiary/aromatic N) is 2. The summed E-state index contributed by atoms with van der Waals surface area (Å²) in [6.45, 7) is 1.25. The van der Waals surface area contributed by atoms with E-state index in [1.54, 1.807) is 48.5 Å². The van der Waals surface area contributed by atoms with Gasteiger partial charge in [-0.2, -0.15) is 13.2 Å². The normalized spacial score (nSPS) is 17.6. The van der Waals surface area contributed by atoms with Crippen LogP contribution in [0.2, 0.25) is 0 Å². The van der Waals surface area contributed by atoms with E-state index >= 15 is 0 Å². The number of hydrogen-bond acceptors (Lipinski definition) is 6. The van der Waals surface area contributed by atoms with Gasteiger partial charge in [0.15, 0.2) is 0 Å². The summed E-state index contributed by atoms with van der Waals surface area (Å²) in [5.41, 5.74) is -0.598. The minimum absolute atomic E-state index is 0.187. The smallest absolute Gasteiger partial charge is 0.420 e. The van der Waals surface area contributed by atoms with E-state index < -0.39 is 17.3 Å². The van der Waals surface area contributed by atoms with E-state index in [2.05, 4.69) is 32.4 Å². The van der Waals surface area contributed by atoms with Gasteiger partial charge in [0.05, 0.1) is 5.52 Å². The predicted molar refractivity (Wildman–Crippen MR) is 135 cm³/mol. The number of nitrogens with one attached hydrogen (secondary N) is 2. The minimum atomic E-state index is -4.63. The SMILES string of the molecule is OC1(C#Cc2ccc3ncnc(Nc4ccc(Oc5ccccc5)c(C(F)(F)F)c4)c3c2)CCCNC1. The molecule has 6 nitrogen and oxygen atoms in total. The molecule has 3 N–H and O–H groups in total. The lowest BCUT2D eigenvalue weighted by molar-refractivity contribution is -0.138. The quantitative estimate of drug-likeness (QED) is 0.312. The molecule has 0 saturated carbocycles. The molecule has 1 atom stereocenters. The molecule has 188 valence electrons. The lowest BCUT2D eigenvalue weighted by atomic mass is 9.94. The van der Waals surface area contributed by atoms with Gasteiger partial charge in [0.25, 0.3) is 0 Å². The lowest BCUT2D eigenvalue weighted by Gasteiger charge is -2.27. The molecule has 5 rings (SSSR count). The van der Waals surface area contributed by atoms with Gasteiger partial charge in [0.1, 0.15) is 34.8 Å². The van der Waals surface area contributed by atoms with Crippen LogP contribution in [0.4, 0.5) is 24.7 Å². The van der Waals surface area contributed by atoms with Crippen molar-refractivity contribution in [3.05, 3.63) is 84.2 Å². The molecule has 1 saturated heterocycles. The lowest BCUT2D eigenvalue weighted by Crippen LogP contribution is -2.44. The first-order valence-electron chi connectivity index (χ1n) is 11.7. The minimum Gasteiger partial charge on any atom is -0.457 e. The zero-order valence-electron chi connectivity index (χ0n) is 19.6. The van der Waals surface area contributed by atoms with Gasteiger partial charge < -0.3 is 20.5 Å². The Morgan fingerprint density at radius 1 is 1.03 bits per heavy atom. The van der Waals surface area contributed by atoms with Crippen molar-refractivity contribution in [1.82, 2.24) is 15.3 Å². The average molecular weight is 505 g/mol. The van der Waals surface area contributed by atoms with Crippen molar-refractivity contribution in [2.45, 2.75) is 24.6 Å². The maximum Gasteiger partial charge on any atom is 0.420 e. The Hall–Kier alpha value is -4.13. The molecule has 1 aliphatic rings. The number of anilines is 2. The highest BCUT2D eigenvalue weighted by molar-refractivity contribution is 5.91. The van der Waals surface area contributed by atoms with Crippen LogP contribution < -0.4 is 15.4 Å². The van der Waals surface area contributed by atoms with Gasteiger partial charge in [0.2, 0.25) is 0 Å². The maximum atomic E-state index is 13.9. The zero-order valence-corrected chi connectivity index (χ0v) is 19.6. The topological polar surface area (TPSA) is 79.3 Å². The molecule has 37 heavy (non-hydrogen) atoms. The second kappa shape index (κ2) is 10.1. The molecule has 2 heterocycles. The van der Waals surface area contributed by atoms with Gasteiger partial charge in [0, 0.05) is 23.2 Å². The first kappa shape index (κ1) is 24.6. The van der Waals surface area contributed by atoms with Gasteiger partial charge >= 0.3 is 6.18 Å². The second-order valence-electron chi connectivity index (χ2n) is 8.76. The van der Waals surface area contributed by atoms with E-state index in [4.69, 9.17) is 4.74 Å². The largest absolute Gasteiger partial charge is 0.457 e. The third-order valence-electron chi connectivity index (χ3n) is 5.95. The number of aliphatic hydroxyl groups is 1. The standard InChI is InChI=1S/C28H23F3N4O2/c29-28(30,31)23-16-20(8-10-25(23)37-21-5-2-1-3-6-21)35-26-22-15-19(7-9-24(22)33-18-34-26)11-13-27(36)12-4-14-32-17-27/h1-3,5-10,15-16,18,32,36H,4,12,14,17H2,(H,33,34,35). The summed E-state index contributed by atoms with van der Waals surface area (Å²) in [7, 11) is 0. The zero-order chi connectivity index (χ0) is 25.9. The van der Waals surface area contributed by atoms with Crippen molar-refractivity contribution in [3.63, 3.8) is 0 Å². The molecule has 0 amide bonds. The number of piperidine rings is 1. The summed E-state index contributed by atoms with van der Waals surface area (Å²) in [5.74, 6) is 6.28. The number of rotatable bonds is 4. The van der Waals surface area contributed by atoms with E-state index in [0.717, 1.165) is 19.0 Å². The van der Waals surface area contributed by atoms with Crippen molar-refractivity contribution in [3.8, 4) is 23.3 Å². The van der Waals surface area contributed by atoms with Crippen LogP contribution in [-0.2, 0) is 6.18 Å². The summed E-state index contributed by atoms with van der Waals surface area (Å²) >= 11 is 0. The Balaban J connectivity index is 1.46. The molecule has 9 heteroatoms. The van der Waals surface area contributed by atoms with Crippen LogP contribution in [0, 0.1) is 11.8 Å². The molecule has 1 aromatic heterocycles. The maximum absolute atomic E-state index is 13.9. The van der Waals surface area contributed by atoms with E-state index in [1.165, 1.54) is 18.5 Å². The van der Waals surface area contributed by atoms with Crippen LogP contribution in [0.15, 0.2) is 73.1 Å². The van der Waals surface area contributed by atoms with Gasteiger partial charge in [-0.05, 0) is 67.9 Å². The van der Waals surface area contributed by atoms with Crippen LogP contribution >= 0.6 is 0 Å². The third kappa shape index (κ3) is 5.82. The van der Waals surface area contributed by atoms with Crippen LogP contribution in [0.25, 0.3) is 10.9 Å². The molecular formula is C28H23F3N4O2. The monoisotopic (exact) mass is 504 g/mol. The summed E-state index contributed by atoms with van der Waals surface area (Å²) < 4.78 is 47.1. The van der Waals surface area contributed by atoms with Gasteiger partial charge in [-0.1, -0.05) is 30.0 Å². The van der Waals surface area contributed by atoms with Crippen molar-refractivity contribution < 1.29 is 23.0 Å². The van der Waals surface area contributed by atoms with Crippen molar-refractivity contribution in [1.29, 1.82) is 0 Å². The number of aromatic nitrogens is 2. The van der Waals surface area contributed by atoms with Crippen LogP contribution in [-0.4, -0.2) is 33.8 Å². The molecular weight excluding hydrogens is 481 g/mol. The number of ether oxygens (including phenoxy) is 1. The first-order valence-corrected chi connectivity index (χ1v) is 11.7. The molecule has 1 aliphatic heterocycles. The Bertz CT molecular complexity index is 1470. The van der Waals surface area contributed by atoms with E-state index in [9.17, 15) is 18.3 Å². The van der Waals surface area contributed by atoms with Gasteiger partial charge in [-0.25, -0.2) is 9.97 Å². The fourth-order valence-corrected chi connectivity index (χ4v) is 4.09. The number of halogens is 3. The highest BCUT2D eigenvalue weighted by atomic mass is 19.4. The molecule has 1 fully saturated rings. The number of hydrogen-bond donors (Lipinski definition) is 3. The third-order valence-corrected chi connectivity index (χ3v) is 5.95. The van der Waals surface area contributed by atoms with Crippen LogP contribution in [0.1, 0.15) is 24.0 Å². The van der Waals surface area contributed by atoms with Gasteiger partial charge in [-0.15, -0.1) is 0 Å². The van der Waals surface area contributed by atoms with E-state index in [-0.39, 0.29) is 11.4 Å². The van der Waals surface area contributed by atoms with E-state index in [1.807, 2.05) is 0 Å². The molecule has 0 radical (unpaired) electrons. The number of β-amino-alcohol motifs (C(OH)–C–C–N with tert-alkyl or cyclic N) is 1. The molecule has 0 aliphatic carbocycles. The molecule has 3 aromatic carbocycles. The van der Waals surface area contributed by atoms with Crippen LogP contribution in [0.3, 0.4) is 0 Å². The fourth-order valence-electron chi connectivity index (χ4n) is 4.09. The number of benzene rings is 3. The Morgan fingerprint density at radius 3 is 2.62 bits per heavy atom. The molecule has 4 aromatic rings. The second-order valence-corrected chi connectivity index (χ2v) is 8.76. The summed E-state index contributed by atoms with van der Waals surface area (Å²) in [5, 5.41) is 17.3. The number of fused-ring (bicyclic) bond motifs is 1. The Kier molecular flexibility index (Phi) is 6.70. The average Bonchev–Trinajstić information content (AvgIpc) is 2.89. The van der Waals surface area contributed by atoms with Gasteiger partial charge in [-0.3, -0.25) is 0 Å². The Morgan fingerprint density at radius 2 is 1.86 bits per heavy atom. The van der Waals surface area contributed by atoms with Crippen molar-refractivity contribution in [2.24, 2.45) is 0 Å². The number of alkyl halides is 3. The fraction of sp³-hybridized carbons (Fsp3) is 0.214. The molecule has 1 unspecified atom stereocenters. The van der Waals surface area contributed by atoms with Crippen molar-refractivity contribution in [2.75, 3.05) is 18.4 Å².